The maximum absolute atomic E-state index is 11.4. The van der Waals surface area contributed by atoms with Gasteiger partial charge in [0, 0.05) is 38.4 Å². The van der Waals surface area contributed by atoms with Gasteiger partial charge in [-0.15, -0.1) is 0 Å². The van der Waals surface area contributed by atoms with Crippen LogP contribution in [0.3, 0.4) is 0 Å². The molecule has 138 valence electrons. The zero-order valence-electron chi connectivity index (χ0n) is 14.9. The van der Waals surface area contributed by atoms with Crippen LogP contribution in [-0.4, -0.2) is 27.7 Å². The fourth-order valence-electron chi connectivity index (χ4n) is 2.51. The first-order valence-corrected chi connectivity index (χ1v) is 8.01. The van der Waals surface area contributed by atoms with Gasteiger partial charge >= 0.3 is 17.9 Å². The molecular formula is C19H16N2O6. The molecule has 0 saturated heterocycles. The molecule has 0 saturated carbocycles. The summed E-state index contributed by atoms with van der Waals surface area (Å²) in [5.41, 5.74) is 1.13. The Balaban J connectivity index is 2.04. The predicted octanol–water partition coefficient (Wildman–Crippen LogP) is 2.80. The number of hydrogen-bond donors (Lipinski definition) is 0. The normalized spacial score (nSPS) is 10.5. The molecule has 2 aromatic carbocycles. The van der Waals surface area contributed by atoms with Crippen molar-refractivity contribution in [1.29, 1.82) is 0 Å². The van der Waals surface area contributed by atoms with E-state index in [2.05, 4.69) is 5.10 Å². The molecular weight excluding hydrogens is 352 g/mol. The van der Waals surface area contributed by atoms with Crippen LogP contribution in [0.25, 0.3) is 16.6 Å². The summed E-state index contributed by atoms with van der Waals surface area (Å²) < 4.78 is 16.9. The van der Waals surface area contributed by atoms with Crippen LogP contribution < -0.4 is 14.2 Å². The van der Waals surface area contributed by atoms with Crippen molar-refractivity contribution in [3.8, 4) is 22.9 Å². The van der Waals surface area contributed by atoms with E-state index < -0.39 is 17.9 Å². The Morgan fingerprint density at radius 2 is 1.41 bits per heavy atom. The van der Waals surface area contributed by atoms with Gasteiger partial charge in [-0.25, -0.2) is 4.68 Å². The number of hydrogen-bond acceptors (Lipinski definition) is 7. The minimum absolute atomic E-state index is 0.189. The molecule has 0 aliphatic rings. The minimum Gasteiger partial charge on any atom is -0.427 e. The average molecular weight is 368 g/mol. The van der Waals surface area contributed by atoms with Crippen molar-refractivity contribution in [3.63, 3.8) is 0 Å². The lowest BCUT2D eigenvalue weighted by atomic mass is 10.2. The summed E-state index contributed by atoms with van der Waals surface area (Å²) in [5.74, 6) is -0.588. The number of esters is 3. The van der Waals surface area contributed by atoms with E-state index >= 15 is 0 Å². The highest BCUT2D eigenvalue weighted by atomic mass is 16.5. The van der Waals surface area contributed by atoms with Gasteiger partial charge in [0.05, 0.1) is 5.52 Å². The van der Waals surface area contributed by atoms with Gasteiger partial charge in [0.1, 0.15) is 17.2 Å². The third-order valence-corrected chi connectivity index (χ3v) is 3.43. The number of aromatic nitrogens is 2. The van der Waals surface area contributed by atoms with E-state index in [0.717, 1.165) is 5.39 Å². The maximum atomic E-state index is 11.4. The molecule has 0 aliphatic heterocycles. The number of fused-ring (bicyclic) bond motifs is 1. The summed E-state index contributed by atoms with van der Waals surface area (Å²) in [4.78, 5) is 33.7. The SMILES string of the molecule is CC(=O)Oc1ccc(-n2cc3cc(OC(C)=O)ccc3n2)c(OC(C)=O)c1. The van der Waals surface area contributed by atoms with Crippen LogP contribution in [0.1, 0.15) is 20.8 Å². The predicted molar refractivity (Wildman–Crippen MR) is 95.0 cm³/mol. The number of carbonyl (C=O) groups excluding carboxylic acids is 3. The van der Waals surface area contributed by atoms with Gasteiger partial charge in [-0.05, 0) is 30.3 Å². The molecule has 3 rings (SSSR count). The monoisotopic (exact) mass is 368 g/mol. The molecule has 1 aromatic heterocycles. The highest BCUT2D eigenvalue weighted by Crippen LogP contribution is 2.30. The summed E-state index contributed by atoms with van der Waals surface area (Å²) >= 11 is 0. The summed E-state index contributed by atoms with van der Waals surface area (Å²) in [6.45, 7) is 3.87. The molecule has 0 atom stereocenters. The molecule has 0 fully saturated rings. The number of ether oxygens (including phenoxy) is 3. The van der Waals surface area contributed by atoms with E-state index in [1.165, 1.54) is 31.5 Å². The first-order chi connectivity index (χ1) is 12.8. The van der Waals surface area contributed by atoms with Crippen molar-refractivity contribution in [2.45, 2.75) is 20.8 Å². The third kappa shape index (κ3) is 4.30. The molecule has 3 aromatic rings. The summed E-state index contributed by atoms with van der Waals surface area (Å²) in [7, 11) is 0. The van der Waals surface area contributed by atoms with Gasteiger partial charge in [-0.2, -0.15) is 5.10 Å². The van der Waals surface area contributed by atoms with Crippen LogP contribution in [0.15, 0.2) is 42.6 Å². The molecule has 8 heteroatoms. The van der Waals surface area contributed by atoms with Crippen LogP contribution in [-0.2, 0) is 14.4 Å². The van der Waals surface area contributed by atoms with Crippen LogP contribution in [0.4, 0.5) is 0 Å². The zero-order chi connectivity index (χ0) is 19.6. The Morgan fingerprint density at radius 1 is 0.815 bits per heavy atom. The lowest BCUT2D eigenvalue weighted by Crippen LogP contribution is -2.07. The summed E-state index contributed by atoms with van der Waals surface area (Å²) in [6.07, 6.45) is 1.70. The molecule has 0 N–H and O–H groups in total. The zero-order valence-corrected chi connectivity index (χ0v) is 14.9. The number of nitrogens with zero attached hydrogens (tertiary/aromatic N) is 2. The van der Waals surface area contributed by atoms with Gasteiger partial charge < -0.3 is 14.2 Å². The van der Waals surface area contributed by atoms with E-state index in [-0.39, 0.29) is 11.5 Å². The molecule has 0 radical (unpaired) electrons. The molecule has 0 spiro atoms. The Kier molecular flexibility index (Phi) is 4.89. The van der Waals surface area contributed by atoms with E-state index in [1.807, 2.05) is 0 Å². The topological polar surface area (TPSA) is 96.7 Å². The Labute approximate surface area is 154 Å². The van der Waals surface area contributed by atoms with Crippen molar-refractivity contribution in [2.24, 2.45) is 0 Å². The van der Waals surface area contributed by atoms with Gasteiger partial charge in [-0.1, -0.05) is 0 Å². The lowest BCUT2D eigenvalue weighted by molar-refractivity contribution is -0.133. The van der Waals surface area contributed by atoms with E-state index in [4.69, 9.17) is 14.2 Å². The molecule has 0 bridgehead atoms. The molecule has 0 unspecified atom stereocenters. The largest absolute Gasteiger partial charge is 0.427 e. The molecule has 0 aliphatic carbocycles. The first kappa shape index (κ1) is 18.1. The molecule has 0 amide bonds. The lowest BCUT2D eigenvalue weighted by Gasteiger charge is -2.10. The summed E-state index contributed by atoms with van der Waals surface area (Å²) in [6, 6.07) is 9.66. The van der Waals surface area contributed by atoms with Gasteiger partial charge in [-0.3, -0.25) is 14.4 Å². The minimum atomic E-state index is -0.523. The number of carbonyl (C=O) groups is 3. The van der Waals surface area contributed by atoms with E-state index in [1.54, 1.807) is 36.5 Å². The second-order valence-corrected chi connectivity index (χ2v) is 5.70. The smallest absolute Gasteiger partial charge is 0.308 e. The van der Waals surface area contributed by atoms with Crippen LogP contribution in [0.2, 0.25) is 0 Å². The Hall–Kier alpha value is -3.68. The van der Waals surface area contributed by atoms with Crippen molar-refractivity contribution >= 4 is 28.8 Å². The van der Waals surface area contributed by atoms with E-state index in [9.17, 15) is 14.4 Å². The molecule has 8 nitrogen and oxygen atoms in total. The van der Waals surface area contributed by atoms with Crippen LogP contribution >= 0.6 is 0 Å². The van der Waals surface area contributed by atoms with E-state index in [0.29, 0.717) is 17.0 Å². The second-order valence-electron chi connectivity index (χ2n) is 5.70. The number of benzene rings is 2. The van der Waals surface area contributed by atoms with Crippen LogP contribution in [0.5, 0.6) is 17.2 Å². The van der Waals surface area contributed by atoms with Crippen molar-refractivity contribution in [2.75, 3.05) is 0 Å². The Morgan fingerprint density at radius 3 is 2.04 bits per heavy atom. The van der Waals surface area contributed by atoms with Crippen molar-refractivity contribution in [3.05, 3.63) is 42.6 Å². The second kappa shape index (κ2) is 7.28. The highest BCUT2D eigenvalue weighted by Gasteiger charge is 2.14. The maximum Gasteiger partial charge on any atom is 0.308 e. The van der Waals surface area contributed by atoms with Crippen LogP contribution in [0, 0.1) is 0 Å². The third-order valence-electron chi connectivity index (χ3n) is 3.43. The van der Waals surface area contributed by atoms with Crippen molar-refractivity contribution in [1.82, 2.24) is 9.78 Å². The molecule has 27 heavy (non-hydrogen) atoms. The average Bonchev–Trinajstić information content (AvgIpc) is 2.96. The van der Waals surface area contributed by atoms with Gasteiger partial charge in [0.2, 0.25) is 0 Å². The fourth-order valence-corrected chi connectivity index (χ4v) is 2.51. The standard InChI is InChI=1S/C19H16N2O6/c1-11(22)25-15-4-6-17-14(8-15)10-21(20-17)18-7-5-16(26-12(2)23)9-19(18)27-13(3)24/h4-10H,1-3H3. The summed E-state index contributed by atoms with van der Waals surface area (Å²) in [5, 5.41) is 5.17. The van der Waals surface area contributed by atoms with Gasteiger partial charge in [0.15, 0.2) is 5.75 Å². The first-order valence-electron chi connectivity index (χ1n) is 8.01. The fraction of sp³-hybridized carbons (Fsp3) is 0.158. The number of rotatable bonds is 4. The molecule has 1 heterocycles. The van der Waals surface area contributed by atoms with Gasteiger partial charge in [0.25, 0.3) is 0 Å². The Bertz CT molecular complexity index is 1050. The van der Waals surface area contributed by atoms with Crippen molar-refractivity contribution < 1.29 is 28.6 Å². The highest BCUT2D eigenvalue weighted by molar-refractivity contribution is 5.82. The quantitative estimate of drug-likeness (QED) is 0.516.